The number of sulfone groups is 1. The molecule has 1 aliphatic rings. The van der Waals surface area contributed by atoms with E-state index in [0.717, 1.165) is 0 Å². The van der Waals surface area contributed by atoms with Gasteiger partial charge in [-0.3, -0.25) is 0 Å². The Morgan fingerprint density at radius 1 is 1.10 bits per heavy atom. The fourth-order valence-electron chi connectivity index (χ4n) is 2.43. The second-order valence-electron chi connectivity index (χ2n) is 6.17. The minimum atomic E-state index is -3.59. The molecule has 3 nitrogen and oxygen atoms in total. The highest BCUT2D eigenvalue weighted by molar-refractivity contribution is 7.93. The maximum Gasteiger partial charge on any atom is 0.210 e. The molecule has 0 aromatic heterocycles. The Kier molecular flexibility index (Phi) is 4.56. The summed E-state index contributed by atoms with van der Waals surface area (Å²) in [7, 11) is -5.63. The van der Waals surface area contributed by atoms with Gasteiger partial charge in [-0.05, 0) is 50.7 Å². The smallest absolute Gasteiger partial charge is 0.210 e. The van der Waals surface area contributed by atoms with Gasteiger partial charge in [-0.1, -0.05) is 36.4 Å². The van der Waals surface area contributed by atoms with E-state index < -0.39 is 23.1 Å². The summed E-state index contributed by atoms with van der Waals surface area (Å²) in [6.45, 7) is 6.05. The molecule has 0 spiro atoms. The SMILES string of the molecule is C[Si](C)(C)OC1(S(=O)(=O)c2ccccc2)C=CC=CCC1. The van der Waals surface area contributed by atoms with Crippen LogP contribution >= 0.6 is 0 Å². The molecule has 5 heteroatoms. The van der Waals surface area contributed by atoms with E-state index in [4.69, 9.17) is 4.43 Å². The van der Waals surface area contributed by atoms with Crippen molar-refractivity contribution in [2.75, 3.05) is 0 Å². The van der Waals surface area contributed by atoms with Crippen LogP contribution in [0, 0.1) is 0 Å². The fraction of sp³-hybridized carbons (Fsp3) is 0.375. The van der Waals surface area contributed by atoms with Crippen molar-refractivity contribution in [3.8, 4) is 0 Å². The van der Waals surface area contributed by atoms with E-state index in [1.165, 1.54) is 0 Å². The Labute approximate surface area is 128 Å². The molecule has 0 saturated carbocycles. The zero-order chi connectivity index (χ0) is 15.6. The van der Waals surface area contributed by atoms with Gasteiger partial charge in [-0.2, -0.15) is 0 Å². The van der Waals surface area contributed by atoms with Crippen molar-refractivity contribution >= 4 is 18.2 Å². The van der Waals surface area contributed by atoms with Crippen molar-refractivity contribution in [3.05, 3.63) is 54.6 Å². The third kappa shape index (κ3) is 3.54. The van der Waals surface area contributed by atoms with E-state index in [1.54, 1.807) is 36.4 Å². The summed E-state index contributed by atoms with van der Waals surface area (Å²) in [6, 6.07) is 8.57. The lowest BCUT2D eigenvalue weighted by atomic mass is 10.2. The van der Waals surface area contributed by atoms with E-state index in [1.807, 2.05) is 37.9 Å². The van der Waals surface area contributed by atoms with E-state index in [-0.39, 0.29) is 0 Å². The molecule has 0 N–H and O–H groups in total. The molecule has 1 atom stereocenters. The maximum atomic E-state index is 13.2. The van der Waals surface area contributed by atoms with Gasteiger partial charge in [0.2, 0.25) is 9.84 Å². The van der Waals surface area contributed by atoms with E-state index in [2.05, 4.69) is 0 Å². The van der Waals surface area contributed by atoms with Crippen molar-refractivity contribution < 1.29 is 12.8 Å². The lowest BCUT2D eigenvalue weighted by Crippen LogP contribution is -2.47. The minimum absolute atomic E-state index is 0.315. The fourth-order valence-corrected chi connectivity index (χ4v) is 6.38. The van der Waals surface area contributed by atoms with Crippen molar-refractivity contribution in [3.63, 3.8) is 0 Å². The van der Waals surface area contributed by atoms with Crippen molar-refractivity contribution in [2.45, 2.75) is 42.3 Å². The molecule has 1 aromatic rings. The molecule has 1 unspecified atom stereocenters. The van der Waals surface area contributed by atoms with Gasteiger partial charge in [0, 0.05) is 0 Å². The highest BCUT2D eigenvalue weighted by Gasteiger charge is 2.46. The molecule has 0 bridgehead atoms. The summed E-state index contributed by atoms with van der Waals surface area (Å²) >= 11 is 0. The molecule has 2 rings (SSSR count). The molecular weight excluding hydrogens is 300 g/mol. The van der Waals surface area contributed by atoms with Crippen LogP contribution in [0.5, 0.6) is 0 Å². The minimum Gasteiger partial charge on any atom is -0.396 e. The van der Waals surface area contributed by atoms with Crippen LogP contribution < -0.4 is 0 Å². The van der Waals surface area contributed by atoms with Crippen LogP contribution in [0.3, 0.4) is 0 Å². The largest absolute Gasteiger partial charge is 0.396 e. The summed E-state index contributed by atoms with van der Waals surface area (Å²) in [5.41, 5.74) is 0. The number of allylic oxidation sites excluding steroid dienone is 3. The van der Waals surface area contributed by atoms with Crippen LogP contribution in [0.15, 0.2) is 59.5 Å². The molecule has 0 saturated heterocycles. The summed E-state index contributed by atoms with van der Waals surface area (Å²) < 4.78 is 32.5. The zero-order valence-corrected chi connectivity index (χ0v) is 14.6. The van der Waals surface area contributed by atoms with Gasteiger partial charge in [-0.15, -0.1) is 0 Å². The van der Waals surface area contributed by atoms with Crippen LogP contribution in [0.2, 0.25) is 19.6 Å². The van der Waals surface area contributed by atoms with Crippen molar-refractivity contribution in [1.82, 2.24) is 0 Å². The molecular formula is C16H22O3SSi. The quantitative estimate of drug-likeness (QED) is 0.789. The summed E-state index contributed by atoms with van der Waals surface area (Å²) in [5.74, 6) is 0. The number of hydrogen-bond donors (Lipinski definition) is 0. The maximum absolute atomic E-state index is 13.2. The van der Waals surface area contributed by atoms with Gasteiger partial charge in [-0.25, -0.2) is 8.42 Å². The Balaban J connectivity index is 2.55. The topological polar surface area (TPSA) is 43.4 Å². The Bertz CT molecular complexity index is 642. The second-order valence-corrected chi connectivity index (χ2v) is 12.8. The van der Waals surface area contributed by atoms with E-state index in [0.29, 0.717) is 17.7 Å². The summed E-state index contributed by atoms with van der Waals surface area (Å²) in [6.07, 6.45) is 8.48. The van der Waals surface area contributed by atoms with Crippen LogP contribution in [0.4, 0.5) is 0 Å². The third-order valence-electron chi connectivity index (χ3n) is 3.24. The first-order valence-electron chi connectivity index (χ1n) is 7.11. The number of benzene rings is 1. The van der Waals surface area contributed by atoms with Gasteiger partial charge < -0.3 is 4.43 Å². The van der Waals surface area contributed by atoms with Crippen LogP contribution in [-0.2, 0) is 14.3 Å². The average molecular weight is 323 g/mol. The van der Waals surface area contributed by atoms with Crippen molar-refractivity contribution in [2.24, 2.45) is 0 Å². The second kappa shape index (κ2) is 5.91. The van der Waals surface area contributed by atoms with Gasteiger partial charge in [0.15, 0.2) is 13.3 Å². The molecule has 21 heavy (non-hydrogen) atoms. The van der Waals surface area contributed by atoms with Crippen LogP contribution in [-0.4, -0.2) is 21.7 Å². The third-order valence-corrected chi connectivity index (χ3v) is 6.59. The van der Waals surface area contributed by atoms with Gasteiger partial charge in [0.25, 0.3) is 0 Å². The first kappa shape index (κ1) is 16.2. The molecule has 0 heterocycles. The van der Waals surface area contributed by atoms with Crippen LogP contribution in [0.1, 0.15) is 12.8 Å². The Morgan fingerprint density at radius 2 is 1.76 bits per heavy atom. The lowest BCUT2D eigenvalue weighted by Gasteiger charge is -2.36. The normalized spacial score (nSPS) is 23.0. The predicted octanol–water partition coefficient (Wildman–Crippen LogP) is 3.91. The zero-order valence-electron chi connectivity index (χ0n) is 12.7. The highest BCUT2D eigenvalue weighted by atomic mass is 32.2. The van der Waals surface area contributed by atoms with Gasteiger partial charge in [0.05, 0.1) is 4.90 Å². The first-order valence-corrected chi connectivity index (χ1v) is 12.0. The molecule has 1 aromatic carbocycles. The van der Waals surface area contributed by atoms with Gasteiger partial charge in [0.1, 0.15) is 0 Å². The van der Waals surface area contributed by atoms with E-state index in [9.17, 15) is 8.42 Å². The molecule has 0 amide bonds. The lowest BCUT2D eigenvalue weighted by molar-refractivity contribution is 0.184. The van der Waals surface area contributed by atoms with Crippen LogP contribution in [0.25, 0.3) is 0 Å². The molecule has 0 fully saturated rings. The number of rotatable bonds is 4. The standard InChI is InChI=1S/C16H22O3SSi/c1-21(2,3)19-16(13-9-4-5-10-14-16)20(17,18)15-11-7-6-8-12-15/h4-9,11-13H,10,14H2,1-3H3. The monoisotopic (exact) mass is 322 g/mol. The van der Waals surface area contributed by atoms with Crippen molar-refractivity contribution in [1.29, 1.82) is 0 Å². The molecule has 114 valence electrons. The highest BCUT2D eigenvalue weighted by Crippen LogP contribution is 2.36. The summed E-state index contributed by atoms with van der Waals surface area (Å²) in [5, 5.41) is 0. The molecule has 0 radical (unpaired) electrons. The molecule has 1 aliphatic carbocycles. The Hall–Kier alpha value is -1.17. The first-order chi connectivity index (χ1) is 9.77. The Morgan fingerprint density at radius 3 is 2.38 bits per heavy atom. The predicted molar refractivity (Wildman–Crippen MR) is 88.3 cm³/mol. The van der Waals surface area contributed by atoms with Gasteiger partial charge >= 0.3 is 0 Å². The molecule has 0 aliphatic heterocycles. The average Bonchev–Trinajstić information content (AvgIpc) is 2.64. The summed E-state index contributed by atoms with van der Waals surface area (Å²) in [4.78, 5) is -0.947. The van der Waals surface area contributed by atoms with E-state index >= 15 is 0 Å². The number of hydrogen-bond acceptors (Lipinski definition) is 3.